The molecule has 0 saturated heterocycles. The number of carboxylic acids is 1. The molecule has 8 nitrogen and oxygen atoms in total. The standard InChI is InChI=1S/C22H26N2O6/c1-12-5-4-6-13(7-12)10-22(2,3)23-11-17(26)15-8-14(25)9-16-18(15)30-19(21(28)29)20(27)24-16/h4-9,17,19,23,25-26H,10-11H2,1-3H3,(H,24,27)(H,28,29). The molecule has 0 radical (unpaired) electrons. The Morgan fingerprint density at radius 3 is 2.70 bits per heavy atom. The molecular weight excluding hydrogens is 388 g/mol. The Labute approximate surface area is 174 Å². The molecule has 0 aromatic heterocycles. The first kappa shape index (κ1) is 21.6. The van der Waals surface area contributed by atoms with Crippen LogP contribution in [0.15, 0.2) is 36.4 Å². The van der Waals surface area contributed by atoms with Crippen molar-refractivity contribution in [2.45, 2.75) is 44.9 Å². The Morgan fingerprint density at radius 1 is 1.30 bits per heavy atom. The van der Waals surface area contributed by atoms with E-state index in [2.05, 4.69) is 16.7 Å². The lowest BCUT2D eigenvalue weighted by Crippen LogP contribution is -2.44. The molecule has 2 aromatic rings. The molecule has 8 heteroatoms. The number of amides is 1. The molecule has 1 amide bonds. The molecule has 1 heterocycles. The van der Waals surface area contributed by atoms with E-state index in [-0.39, 0.29) is 34.8 Å². The second-order valence-corrected chi connectivity index (χ2v) is 8.18. The first-order valence-corrected chi connectivity index (χ1v) is 9.61. The number of β-amino-alcohol motifs (C(OH)–C–C–N with tert-alkyl or cyclic N) is 1. The first-order valence-electron chi connectivity index (χ1n) is 9.61. The van der Waals surface area contributed by atoms with Crippen LogP contribution in [0.1, 0.15) is 36.6 Å². The van der Waals surface area contributed by atoms with Gasteiger partial charge in [-0.2, -0.15) is 0 Å². The maximum absolute atomic E-state index is 11.9. The van der Waals surface area contributed by atoms with Crippen molar-refractivity contribution in [3.8, 4) is 11.5 Å². The van der Waals surface area contributed by atoms with Crippen LogP contribution in [0.25, 0.3) is 0 Å². The third-order valence-corrected chi connectivity index (χ3v) is 4.92. The van der Waals surface area contributed by atoms with Gasteiger partial charge in [0.1, 0.15) is 5.75 Å². The number of benzene rings is 2. The number of nitrogens with one attached hydrogen (secondary N) is 2. The highest BCUT2D eigenvalue weighted by Gasteiger charge is 2.36. The van der Waals surface area contributed by atoms with E-state index in [1.807, 2.05) is 39.0 Å². The monoisotopic (exact) mass is 414 g/mol. The summed E-state index contributed by atoms with van der Waals surface area (Å²) in [5, 5.41) is 35.6. The predicted octanol–water partition coefficient (Wildman–Crippen LogP) is 2.13. The number of fused-ring (bicyclic) bond motifs is 1. The largest absolute Gasteiger partial charge is 0.508 e. The number of anilines is 1. The summed E-state index contributed by atoms with van der Waals surface area (Å²) < 4.78 is 5.34. The molecule has 2 aromatic carbocycles. The molecule has 3 rings (SSSR count). The van der Waals surface area contributed by atoms with Crippen molar-refractivity contribution in [2.24, 2.45) is 0 Å². The van der Waals surface area contributed by atoms with Gasteiger partial charge in [-0.25, -0.2) is 4.79 Å². The van der Waals surface area contributed by atoms with Crippen molar-refractivity contribution < 1.29 is 29.6 Å². The number of aromatic hydroxyl groups is 1. The highest BCUT2D eigenvalue weighted by Crippen LogP contribution is 2.40. The number of carboxylic acid groups (broad SMARTS) is 1. The molecule has 30 heavy (non-hydrogen) atoms. The number of phenols is 1. The second-order valence-electron chi connectivity index (χ2n) is 8.18. The van der Waals surface area contributed by atoms with Gasteiger partial charge in [-0.05, 0) is 38.8 Å². The summed E-state index contributed by atoms with van der Waals surface area (Å²) in [7, 11) is 0. The van der Waals surface area contributed by atoms with Crippen molar-refractivity contribution in [3.63, 3.8) is 0 Å². The van der Waals surface area contributed by atoms with Gasteiger partial charge in [0.25, 0.3) is 12.0 Å². The van der Waals surface area contributed by atoms with Gasteiger partial charge < -0.3 is 30.7 Å². The molecule has 2 unspecified atom stereocenters. The van der Waals surface area contributed by atoms with Crippen LogP contribution in [0.4, 0.5) is 5.69 Å². The normalized spacial score (nSPS) is 16.9. The van der Waals surface area contributed by atoms with Crippen LogP contribution < -0.4 is 15.4 Å². The van der Waals surface area contributed by atoms with Crippen LogP contribution in [0, 0.1) is 6.92 Å². The van der Waals surface area contributed by atoms with Crippen molar-refractivity contribution in [2.75, 3.05) is 11.9 Å². The average molecular weight is 414 g/mol. The lowest BCUT2D eigenvalue weighted by Gasteiger charge is -2.30. The summed E-state index contributed by atoms with van der Waals surface area (Å²) >= 11 is 0. The number of hydrogen-bond donors (Lipinski definition) is 5. The number of carbonyl (C=O) groups is 2. The second kappa shape index (κ2) is 8.33. The van der Waals surface area contributed by atoms with Gasteiger partial charge in [-0.1, -0.05) is 29.8 Å². The molecule has 1 aliphatic rings. The van der Waals surface area contributed by atoms with Crippen LogP contribution in [0.5, 0.6) is 11.5 Å². The topological polar surface area (TPSA) is 128 Å². The maximum Gasteiger partial charge on any atom is 0.354 e. The van der Waals surface area contributed by atoms with Gasteiger partial charge >= 0.3 is 5.97 Å². The number of aryl methyl sites for hydroxylation is 1. The van der Waals surface area contributed by atoms with Crippen LogP contribution in [0.2, 0.25) is 0 Å². The van der Waals surface area contributed by atoms with Crippen molar-refractivity contribution in [3.05, 3.63) is 53.1 Å². The number of hydrogen-bond acceptors (Lipinski definition) is 6. The van der Waals surface area contributed by atoms with E-state index in [9.17, 15) is 24.9 Å². The Kier molecular flexibility index (Phi) is 6.00. The molecule has 0 aliphatic carbocycles. The minimum absolute atomic E-state index is 0.0330. The predicted molar refractivity (Wildman–Crippen MR) is 111 cm³/mol. The molecule has 2 atom stereocenters. The van der Waals surface area contributed by atoms with Gasteiger partial charge in [0.15, 0.2) is 5.75 Å². The fourth-order valence-electron chi connectivity index (χ4n) is 3.52. The molecule has 160 valence electrons. The Bertz CT molecular complexity index is 972. The zero-order chi connectivity index (χ0) is 22.1. The highest BCUT2D eigenvalue weighted by molar-refractivity contribution is 6.09. The molecular formula is C22H26N2O6. The summed E-state index contributed by atoms with van der Waals surface area (Å²) in [5.41, 5.74) is 2.29. The number of aliphatic carboxylic acids is 1. The maximum atomic E-state index is 11.9. The quantitative estimate of drug-likeness (QED) is 0.439. The Hall–Kier alpha value is -3.10. The number of phenolic OH excluding ortho intramolecular Hbond substituents is 1. The smallest absolute Gasteiger partial charge is 0.354 e. The zero-order valence-corrected chi connectivity index (χ0v) is 17.1. The van der Waals surface area contributed by atoms with E-state index in [1.54, 1.807) is 0 Å². The van der Waals surface area contributed by atoms with E-state index in [4.69, 9.17) is 4.74 Å². The summed E-state index contributed by atoms with van der Waals surface area (Å²) in [6.45, 7) is 6.18. The van der Waals surface area contributed by atoms with Gasteiger partial charge in [0.05, 0.1) is 11.8 Å². The van der Waals surface area contributed by atoms with Crippen LogP contribution in [-0.4, -0.2) is 45.4 Å². The molecule has 1 aliphatic heterocycles. The molecule has 0 spiro atoms. The van der Waals surface area contributed by atoms with Gasteiger partial charge in [-0.15, -0.1) is 0 Å². The van der Waals surface area contributed by atoms with Gasteiger partial charge in [-0.3, -0.25) is 4.79 Å². The van der Waals surface area contributed by atoms with Crippen molar-refractivity contribution in [1.82, 2.24) is 5.32 Å². The molecule has 0 bridgehead atoms. The average Bonchev–Trinajstić information content (AvgIpc) is 2.64. The van der Waals surface area contributed by atoms with Crippen LogP contribution >= 0.6 is 0 Å². The first-order chi connectivity index (χ1) is 14.1. The lowest BCUT2D eigenvalue weighted by molar-refractivity contribution is -0.149. The Balaban J connectivity index is 1.76. The van der Waals surface area contributed by atoms with E-state index >= 15 is 0 Å². The van der Waals surface area contributed by atoms with Crippen LogP contribution in [0.3, 0.4) is 0 Å². The van der Waals surface area contributed by atoms with Crippen LogP contribution in [-0.2, 0) is 16.0 Å². The third kappa shape index (κ3) is 4.90. The van der Waals surface area contributed by atoms with E-state index in [1.165, 1.54) is 17.7 Å². The van der Waals surface area contributed by atoms with Crippen molar-refractivity contribution in [1.29, 1.82) is 0 Å². The number of rotatable bonds is 7. The highest BCUT2D eigenvalue weighted by atomic mass is 16.5. The zero-order valence-electron chi connectivity index (χ0n) is 17.1. The molecule has 0 fully saturated rings. The number of aliphatic hydroxyl groups excluding tert-OH is 1. The number of ether oxygens (including phenoxy) is 1. The minimum atomic E-state index is -1.72. The fourth-order valence-corrected chi connectivity index (χ4v) is 3.52. The number of carbonyl (C=O) groups excluding carboxylic acids is 1. The van der Waals surface area contributed by atoms with Gasteiger partial charge in [0.2, 0.25) is 0 Å². The summed E-state index contributed by atoms with van der Waals surface area (Å²) in [6, 6.07) is 10.7. The van der Waals surface area contributed by atoms with E-state index < -0.39 is 24.1 Å². The van der Waals surface area contributed by atoms with E-state index in [0.717, 1.165) is 12.0 Å². The summed E-state index contributed by atoms with van der Waals surface area (Å²) in [5.74, 6) is -2.44. The van der Waals surface area contributed by atoms with Crippen molar-refractivity contribution >= 4 is 17.6 Å². The lowest BCUT2D eigenvalue weighted by atomic mass is 9.93. The number of aliphatic hydroxyl groups is 1. The molecule has 0 saturated carbocycles. The fraction of sp³-hybridized carbons (Fsp3) is 0.364. The minimum Gasteiger partial charge on any atom is -0.508 e. The molecule has 5 N–H and O–H groups in total. The Morgan fingerprint density at radius 2 is 2.03 bits per heavy atom. The summed E-state index contributed by atoms with van der Waals surface area (Å²) in [4.78, 5) is 23.1. The van der Waals surface area contributed by atoms with Gasteiger partial charge in [0, 0.05) is 23.7 Å². The summed E-state index contributed by atoms with van der Waals surface area (Å²) in [6.07, 6.45) is -2.10. The third-order valence-electron chi connectivity index (χ3n) is 4.92. The SMILES string of the molecule is Cc1cccc(CC(C)(C)NCC(O)c2cc(O)cc3c2OC(C(=O)O)C(=O)N3)c1. The van der Waals surface area contributed by atoms with E-state index in [0.29, 0.717) is 0 Å².